The molecular weight excluding hydrogens is 408 g/mol. The number of hydrogen-bond acceptors (Lipinski definition) is 5. The van der Waals surface area contributed by atoms with Crippen LogP contribution < -0.4 is 0 Å². The summed E-state index contributed by atoms with van der Waals surface area (Å²) in [4.78, 5) is 19.8. The van der Waals surface area contributed by atoms with Gasteiger partial charge in [-0.05, 0) is 57.4 Å². The normalized spacial score (nSPS) is 19.4. The van der Waals surface area contributed by atoms with Gasteiger partial charge in [0.25, 0.3) is 0 Å². The lowest BCUT2D eigenvalue weighted by atomic mass is 9.97. The molecule has 4 heterocycles. The zero-order valence-electron chi connectivity index (χ0n) is 17.8. The lowest BCUT2D eigenvalue weighted by molar-refractivity contribution is -0.137. The molecule has 4 aromatic rings. The molecule has 31 heavy (non-hydrogen) atoms. The number of pyridine rings is 1. The predicted molar refractivity (Wildman–Crippen MR) is 122 cm³/mol. The van der Waals surface area contributed by atoms with Crippen molar-refractivity contribution >= 4 is 34.5 Å². The van der Waals surface area contributed by atoms with Crippen molar-refractivity contribution in [2.45, 2.75) is 62.6 Å². The van der Waals surface area contributed by atoms with Crippen LogP contribution in [0.15, 0.2) is 53.8 Å². The molecule has 0 N–H and O–H groups in total. The lowest BCUT2D eigenvalue weighted by Gasteiger charge is -2.39. The second kappa shape index (κ2) is 8.34. The second-order valence-corrected chi connectivity index (χ2v) is 9.18. The molecular formula is C23H26N6OS. The number of carbonyl (C=O) groups excluding carboxylic acids is 1. The van der Waals surface area contributed by atoms with Crippen LogP contribution in [-0.2, 0) is 17.1 Å². The number of hydrogen-bond donors (Lipinski definition) is 0. The van der Waals surface area contributed by atoms with Crippen LogP contribution in [0.3, 0.4) is 0 Å². The highest BCUT2D eigenvalue weighted by atomic mass is 32.2. The van der Waals surface area contributed by atoms with E-state index >= 15 is 0 Å². The van der Waals surface area contributed by atoms with E-state index in [9.17, 15) is 4.79 Å². The molecule has 1 fully saturated rings. The van der Waals surface area contributed by atoms with Gasteiger partial charge in [-0.2, -0.15) is 0 Å². The summed E-state index contributed by atoms with van der Waals surface area (Å²) in [5, 5.41) is 9.71. The van der Waals surface area contributed by atoms with Gasteiger partial charge in [0.1, 0.15) is 6.54 Å². The molecule has 0 spiro atoms. The Morgan fingerprint density at radius 3 is 2.52 bits per heavy atom. The smallest absolute Gasteiger partial charge is 0.243 e. The number of fused-ring (bicyclic) bond motifs is 3. The van der Waals surface area contributed by atoms with Crippen LogP contribution in [0, 0.1) is 0 Å². The summed E-state index contributed by atoms with van der Waals surface area (Å²) in [5.41, 5.74) is 3.01. The number of likely N-dealkylation sites (tertiary alicyclic amines) is 1. The fourth-order valence-corrected chi connectivity index (χ4v) is 5.49. The monoisotopic (exact) mass is 434 g/mol. The molecule has 0 aliphatic carbocycles. The standard InChI is InChI=1S/C23H26N6OS/c1-16-8-7-9-17(2)28(16)21(30)14-27-19-11-3-4-12-20(19)29-22(27)25-26-23(29)31-15-18-10-5-6-13-24-18/h3-6,10-13,16-17H,7-9,14-15H2,1-2H3/t16-,17-/m1/s1. The Bertz CT molecular complexity index is 1210. The molecule has 0 bridgehead atoms. The molecule has 1 aliphatic heterocycles. The van der Waals surface area contributed by atoms with Gasteiger partial charge in [-0.3, -0.25) is 18.7 Å². The van der Waals surface area contributed by atoms with Crippen LogP contribution in [-0.4, -0.2) is 47.0 Å². The van der Waals surface area contributed by atoms with E-state index in [2.05, 4.69) is 44.4 Å². The van der Waals surface area contributed by atoms with E-state index in [1.807, 2.05) is 41.0 Å². The summed E-state index contributed by atoms with van der Waals surface area (Å²) < 4.78 is 4.06. The molecule has 160 valence electrons. The summed E-state index contributed by atoms with van der Waals surface area (Å²) in [7, 11) is 0. The zero-order valence-corrected chi connectivity index (χ0v) is 18.6. The van der Waals surface area contributed by atoms with Crippen molar-refractivity contribution < 1.29 is 4.79 Å². The van der Waals surface area contributed by atoms with Crippen LogP contribution in [0.2, 0.25) is 0 Å². The van der Waals surface area contributed by atoms with Gasteiger partial charge in [-0.1, -0.05) is 30.0 Å². The van der Waals surface area contributed by atoms with Crippen molar-refractivity contribution in [2.24, 2.45) is 0 Å². The van der Waals surface area contributed by atoms with E-state index in [-0.39, 0.29) is 24.5 Å². The van der Waals surface area contributed by atoms with E-state index in [0.29, 0.717) is 11.5 Å². The third-order valence-corrected chi connectivity index (χ3v) is 7.08. The third kappa shape index (κ3) is 3.69. The molecule has 3 aromatic heterocycles. The number of carbonyl (C=O) groups is 1. The number of piperidine rings is 1. The van der Waals surface area contributed by atoms with Crippen LogP contribution in [0.5, 0.6) is 0 Å². The van der Waals surface area contributed by atoms with Crippen molar-refractivity contribution in [3.8, 4) is 0 Å². The molecule has 0 radical (unpaired) electrons. The Hall–Kier alpha value is -2.87. The van der Waals surface area contributed by atoms with Crippen molar-refractivity contribution in [3.63, 3.8) is 0 Å². The van der Waals surface area contributed by atoms with Crippen molar-refractivity contribution in [1.82, 2.24) is 29.0 Å². The van der Waals surface area contributed by atoms with Crippen molar-refractivity contribution in [2.75, 3.05) is 0 Å². The minimum atomic E-state index is 0.147. The average Bonchev–Trinajstić information content (AvgIpc) is 3.32. The fourth-order valence-electron chi connectivity index (χ4n) is 4.64. The molecule has 1 saturated heterocycles. The van der Waals surface area contributed by atoms with E-state index < -0.39 is 0 Å². The lowest BCUT2D eigenvalue weighted by Crippen LogP contribution is -2.48. The molecule has 0 saturated carbocycles. The van der Waals surface area contributed by atoms with Crippen LogP contribution in [0.25, 0.3) is 16.8 Å². The number of rotatable bonds is 5. The first-order valence-electron chi connectivity index (χ1n) is 10.8. The second-order valence-electron chi connectivity index (χ2n) is 8.23. The number of nitrogens with zero attached hydrogens (tertiary/aromatic N) is 6. The Balaban J connectivity index is 1.49. The van der Waals surface area contributed by atoms with Gasteiger partial charge in [0.15, 0.2) is 5.16 Å². The van der Waals surface area contributed by atoms with Crippen LogP contribution in [0.1, 0.15) is 38.8 Å². The summed E-state index contributed by atoms with van der Waals surface area (Å²) >= 11 is 1.60. The van der Waals surface area contributed by atoms with Gasteiger partial charge in [0.2, 0.25) is 11.7 Å². The molecule has 1 amide bonds. The Morgan fingerprint density at radius 1 is 1.03 bits per heavy atom. The maximum absolute atomic E-state index is 13.3. The number of para-hydroxylation sites is 2. The number of imidazole rings is 1. The summed E-state index contributed by atoms with van der Waals surface area (Å²) in [5.74, 6) is 1.56. The Labute approximate surface area is 185 Å². The Kier molecular flexibility index (Phi) is 5.40. The van der Waals surface area contributed by atoms with E-state index in [4.69, 9.17) is 0 Å². The molecule has 8 heteroatoms. The van der Waals surface area contributed by atoms with Gasteiger partial charge in [0, 0.05) is 24.0 Å². The number of thioether (sulfide) groups is 1. The maximum Gasteiger partial charge on any atom is 0.243 e. The Morgan fingerprint density at radius 2 is 1.77 bits per heavy atom. The number of amides is 1. The molecule has 1 aliphatic rings. The minimum Gasteiger partial charge on any atom is -0.336 e. The maximum atomic E-state index is 13.3. The molecule has 2 atom stereocenters. The quantitative estimate of drug-likeness (QED) is 0.441. The summed E-state index contributed by atoms with van der Waals surface area (Å²) in [6.07, 6.45) is 5.12. The topological polar surface area (TPSA) is 68.3 Å². The molecule has 7 nitrogen and oxygen atoms in total. The predicted octanol–water partition coefficient (Wildman–Crippen LogP) is 4.16. The van der Waals surface area contributed by atoms with Gasteiger partial charge < -0.3 is 4.90 Å². The summed E-state index contributed by atoms with van der Waals surface area (Å²) in [6.45, 7) is 4.58. The molecule has 0 unspecified atom stereocenters. The van der Waals surface area contributed by atoms with Crippen LogP contribution >= 0.6 is 11.8 Å². The van der Waals surface area contributed by atoms with Gasteiger partial charge in [-0.25, -0.2) is 0 Å². The first-order chi connectivity index (χ1) is 15.1. The molecule has 5 rings (SSSR count). The average molecular weight is 435 g/mol. The largest absolute Gasteiger partial charge is 0.336 e. The SMILES string of the molecule is C[C@@H]1CCC[C@@H](C)N1C(=O)Cn1c2ccccc2n2c(SCc3ccccn3)nnc12. The van der Waals surface area contributed by atoms with Gasteiger partial charge in [-0.15, -0.1) is 10.2 Å². The van der Waals surface area contributed by atoms with E-state index in [1.54, 1.807) is 18.0 Å². The highest BCUT2D eigenvalue weighted by molar-refractivity contribution is 7.98. The van der Waals surface area contributed by atoms with Crippen molar-refractivity contribution in [3.05, 3.63) is 54.4 Å². The first-order valence-corrected chi connectivity index (χ1v) is 11.8. The zero-order chi connectivity index (χ0) is 21.4. The van der Waals surface area contributed by atoms with Gasteiger partial charge in [0.05, 0.1) is 16.7 Å². The van der Waals surface area contributed by atoms with E-state index in [1.165, 1.54) is 6.42 Å². The van der Waals surface area contributed by atoms with Crippen LogP contribution in [0.4, 0.5) is 0 Å². The number of aromatic nitrogens is 5. The highest BCUT2D eigenvalue weighted by Crippen LogP contribution is 2.28. The minimum absolute atomic E-state index is 0.147. The first kappa shape index (κ1) is 20.1. The van der Waals surface area contributed by atoms with E-state index in [0.717, 1.165) is 34.7 Å². The fraction of sp³-hybridized carbons (Fsp3) is 0.391. The van der Waals surface area contributed by atoms with Gasteiger partial charge >= 0.3 is 0 Å². The number of benzene rings is 1. The molecule has 1 aromatic carbocycles. The summed E-state index contributed by atoms with van der Waals surface area (Å²) in [6, 6.07) is 14.6. The highest BCUT2D eigenvalue weighted by Gasteiger charge is 2.30. The third-order valence-electron chi connectivity index (χ3n) is 6.12. The van der Waals surface area contributed by atoms with Crippen molar-refractivity contribution in [1.29, 1.82) is 0 Å².